The van der Waals surface area contributed by atoms with Crippen LogP contribution in [0.15, 0.2) is 24.3 Å². The predicted molar refractivity (Wildman–Crippen MR) is 86.6 cm³/mol. The summed E-state index contributed by atoms with van der Waals surface area (Å²) in [5.41, 5.74) is 2.07. The highest BCUT2D eigenvalue weighted by molar-refractivity contribution is 5.99. The van der Waals surface area contributed by atoms with E-state index in [9.17, 15) is 4.79 Å². The molecule has 2 nitrogen and oxygen atoms in total. The maximum Gasteiger partial charge on any atom is 0.179 e. The third-order valence-corrected chi connectivity index (χ3v) is 5.59. The first-order valence-electron chi connectivity index (χ1n) is 8.50. The van der Waals surface area contributed by atoms with E-state index in [-0.39, 0.29) is 11.8 Å². The van der Waals surface area contributed by atoms with E-state index >= 15 is 0 Å². The van der Waals surface area contributed by atoms with Gasteiger partial charge in [-0.25, -0.2) is 0 Å². The number of Topliss-reactive ketones (excluding diaryl/α,β-unsaturated/α-hetero) is 1. The number of rotatable bonds is 3. The van der Waals surface area contributed by atoms with E-state index in [2.05, 4.69) is 18.7 Å². The summed E-state index contributed by atoms with van der Waals surface area (Å²) in [6.07, 6.45) is 6.87. The molecule has 3 atom stereocenters. The second-order valence-electron chi connectivity index (χ2n) is 6.99. The monoisotopic (exact) mass is 285 g/mol. The molecule has 1 saturated heterocycles. The molecule has 0 spiro atoms. The normalized spacial score (nSPS) is 27.9. The topological polar surface area (TPSA) is 20.3 Å². The number of carbonyl (C=O) groups excluding carboxylic acids is 1. The zero-order valence-corrected chi connectivity index (χ0v) is 13.3. The van der Waals surface area contributed by atoms with E-state index in [0.717, 1.165) is 30.5 Å². The molecular formula is C19H27NO. The molecule has 114 valence electrons. The molecule has 21 heavy (non-hydrogen) atoms. The highest BCUT2D eigenvalue weighted by atomic mass is 16.1. The van der Waals surface area contributed by atoms with Gasteiger partial charge in [-0.2, -0.15) is 0 Å². The Kier molecular flexibility index (Phi) is 4.44. The molecular weight excluding hydrogens is 258 g/mol. The van der Waals surface area contributed by atoms with Crippen molar-refractivity contribution in [1.29, 1.82) is 0 Å². The molecule has 0 amide bonds. The number of hydrogen-bond acceptors (Lipinski definition) is 2. The number of likely N-dealkylation sites (tertiary alicyclic amines) is 1. The van der Waals surface area contributed by atoms with Gasteiger partial charge in [0, 0.05) is 12.1 Å². The largest absolute Gasteiger partial charge is 0.293 e. The summed E-state index contributed by atoms with van der Waals surface area (Å²) in [5, 5.41) is 0. The Morgan fingerprint density at radius 3 is 2.48 bits per heavy atom. The molecule has 0 N–H and O–H groups in total. The van der Waals surface area contributed by atoms with Crippen molar-refractivity contribution in [3.8, 4) is 0 Å². The standard InChI is InChI=1S/C19H27NO/c1-14-7-9-17(10-8-14)19(21)15(2)20-12-11-16-5-3-4-6-18(16)13-20/h7-10,15-16,18H,3-6,11-13H2,1-2H3. The van der Waals surface area contributed by atoms with Gasteiger partial charge in [-0.1, -0.05) is 49.1 Å². The minimum absolute atomic E-state index is 0.0237. The van der Waals surface area contributed by atoms with E-state index in [1.165, 1.54) is 37.7 Å². The molecule has 2 fully saturated rings. The van der Waals surface area contributed by atoms with E-state index < -0.39 is 0 Å². The van der Waals surface area contributed by atoms with Gasteiger partial charge in [0.05, 0.1) is 6.04 Å². The second kappa shape index (κ2) is 6.31. The number of hydrogen-bond donors (Lipinski definition) is 0. The van der Waals surface area contributed by atoms with Crippen molar-refractivity contribution in [1.82, 2.24) is 4.90 Å². The summed E-state index contributed by atoms with van der Waals surface area (Å²) in [6.45, 7) is 6.38. The lowest BCUT2D eigenvalue weighted by molar-refractivity contribution is 0.0518. The van der Waals surface area contributed by atoms with Gasteiger partial charge in [0.25, 0.3) is 0 Å². The van der Waals surface area contributed by atoms with Crippen LogP contribution in [0.25, 0.3) is 0 Å². The van der Waals surface area contributed by atoms with Crippen molar-refractivity contribution in [2.45, 2.75) is 52.0 Å². The molecule has 2 heteroatoms. The Morgan fingerprint density at radius 1 is 1.10 bits per heavy atom. The van der Waals surface area contributed by atoms with Crippen molar-refractivity contribution >= 4 is 5.78 Å². The van der Waals surface area contributed by atoms with Crippen LogP contribution < -0.4 is 0 Å². The van der Waals surface area contributed by atoms with Crippen LogP contribution in [0.5, 0.6) is 0 Å². The maximum atomic E-state index is 12.7. The molecule has 0 radical (unpaired) electrons. The fraction of sp³-hybridized carbons (Fsp3) is 0.632. The van der Waals surface area contributed by atoms with Crippen LogP contribution in [0.2, 0.25) is 0 Å². The summed E-state index contributed by atoms with van der Waals surface area (Å²) in [7, 11) is 0. The van der Waals surface area contributed by atoms with Crippen LogP contribution in [0.1, 0.15) is 54.9 Å². The average molecular weight is 285 g/mol. The molecule has 1 aromatic rings. The lowest BCUT2D eigenvalue weighted by Crippen LogP contribution is -2.48. The number of piperidine rings is 1. The predicted octanol–water partition coefficient (Wildman–Crippen LogP) is 4.08. The number of carbonyl (C=O) groups is 1. The molecule has 0 aromatic heterocycles. The maximum absolute atomic E-state index is 12.7. The fourth-order valence-electron chi connectivity index (χ4n) is 4.11. The Labute approximate surface area is 128 Å². The van der Waals surface area contributed by atoms with Crippen molar-refractivity contribution in [3.05, 3.63) is 35.4 Å². The molecule has 1 aromatic carbocycles. The first-order chi connectivity index (χ1) is 10.1. The number of aryl methyl sites for hydroxylation is 1. The highest BCUT2D eigenvalue weighted by Gasteiger charge is 2.34. The van der Waals surface area contributed by atoms with Gasteiger partial charge < -0.3 is 0 Å². The van der Waals surface area contributed by atoms with Gasteiger partial charge in [-0.05, 0) is 45.1 Å². The highest BCUT2D eigenvalue weighted by Crippen LogP contribution is 2.36. The van der Waals surface area contributed by atoms with Crippen molar-refractivity contribution in [2.75, 3.05) is 13.1 Å². The molecule has 1 aliphatic heterocycles. The molecule has 3 rings (SSSR count). The van der Waals surface area contributed by atoms with Crippen molar-refractivity contribution in [2.24, 2.45) is 11.8 Å². The van der Waals surface area contributed by atoms with E-state index in [1.54, 1.807) is 0 Å². The van der Waals surface area contributed by atoms with Gasteiger partial charge in [0.1, 0.15) is 0 Å². The fourth-order valence-corrected chi connectivity index (χ4v) is 4.11. The van der Waals surface area contributed by atoms with Crippen LogP contribution in [-0.2, 0) is 0 Å². The van der Waals surface area contributed by atoms with Crippen LogP contribution in [-0.4, -0.2) is 29.8 Å². The minimum atomic E-state index is 0.0237. The molecule has 0 bridgehead atoms. The molecule has 3 unspecified atom stereocenters. The molecule has 1 saturated carbocycles. The van der Waals surface area contributed by atoms with Crippen LogP contribution in [0, 0.1) is 18.8 Å². The number of fused-ring (bicyclic) bond motifs is 1. The van der Waals surface area contributed by atoms with Crippen LogP contribution in [0.3, 0.4) is 0 Å². The van der Waals surface area contributed by atoms with Gasteiger partial charge in [0.2, 0.25) is 0 Å². The summed E-state index contributed by atoms with van der Waals surface area (Å²) in [6, 6.07) is 8.04. The van der Waals surface area contributed by atoms with Gasteiger partial charge >= 0.3 is 0 Å². The average Bonchev–Trinajstić information content (AvgIpc) is 2.54. The Hall–Kier alpha value is -1.15. The smallest absolute Gasteiger partial charge is 0.179 e. The number of benzene rings is 1. The van der Waals surface area contributed by atoms with E-state index in [0.29, 0.717) is 0 Å². The Bertz CT molecular complexity index is 493. The zero-order chi connectivity index (χ0) is 14.8. The van der Waals surface area contributed by atoms with E-state index in [4.69, 9.17) is 0 Å². The Balaban J connectivity index is 1.66. The quantitative estimate of drug-likeness (QED) is 0.780. The Morgan fingerprint density at radius 2 is 1.76 bits per heavy atom. The third kappa shape index (κ3) is 3.21. The summed E-state index contributed by atoms with van der Waals surface area (Å²) in [5.74, 6) is 2.04. The number of nitrogens with zero attached hydrogens (tertiary/aromatic N) is 1. The van der Waals surface area contributed by atoms with Crippen LogP contribution in [0.4, 0.5) is 0 Å². The lowest BCUT2D eigenvalue weighted by atomic mass is 9.75. The summed E-state index contributed by atoms with van der Waals surface area (Å²) in [4.78, 5) is 15.1. The van der Waals surface area contributed by atoms with Gasteiger partial charge in [-0.15, -0.1) is 0 Å². The first-order valence-corrected chi connectivity index (χ1v) is 8.50. The summed E-state index contributed by atoms with van der Waals surface area (Å²) < 4.78 is 0. The first kappa shape index (κ1) is 14.8. The summed E-state index contributed by atoms with van der Waals surface area (Å²) >= 11 is 0. The molecule has 1 heterocycles. The number of ketones is 1. The molecule has 2 aliphatic rings. The third-order valence-electron chi connectivity index (χ3n) is 5.59. The minimum Gasteiger partial charge on any atom is -0.293 e. The molecule has 1 aliphatic carbocycles. The zero-order valence-electron chi connectivity index (χ0n) is 13.3. The van der Waals surface area contributed by atoms with Crippen molar-refractivity contribution < 1.29 is 4.79 Å². The second-order valence-corrected chi connectivity index (χ2v) is 6.99. The van der Waals surface area contributed by atoms with Gasteiger partial charge in [0.15, 0.2) is 5.78 Å². The van der Waals surface area contributed by atoms with E-state index in [1.807, 2.05) is 24.3 Å². The van der Waals surface area contributed by atoms with Crippen LogP contribution >= 0.6 is 0 Å². The lowest BCUT2D eigenvalue weighted by Gasteiger charge is -2.43. The SMILES string of the molecule is Cc1ccc(C(=O)C(C)N2CCC3CCCCC3C2)cc1. The van der Waals surface area contributed by atoms with Gasteiger partial charge in [-0.3, -0.25) is 9.69 Å². The van der Waals surface area contributed by atoms with Crippen molar-refractivity contribution in [3.63, 3.8) is 0 Å².